The molecule has 28 heavy (non-hydrogen) atoms. The summed E-state index contributed by atoms with van der Waals surface area (Å²) < 4.78 is 3.68. The van der Waals surface area contributed by atoms with Crippen LogP contribution in [0.1, 0.15) is 28.8 Å². The summed E-state index contributed by atoms with van der Waals surface area (Å²) in [6.45, 7) is 0. The van der Waals surface area contributed by atoms with Gasteiger partial charge < -0.3 is 4.57 Å². The highest BCUT2D eigenvalue weighted by atomic mass is 35.5. The molecule has 0 saturated heterocycles. The van der Waals surface area contributed by atoms with Gasteiger partial charge in [-0.05, 0) is 48.9 Å². The van der Waals surface area contributed by atoms with Crippen molar-refractivity contribution in [3.05, 3.63) is 54.6 Å². The van der Waals surface area contributed by atoms with Crippen LogP contribution in [0.2, 0.25) is 10.0 Å². The van der Waals surface area contributed by atoms with E-state index in [-0.39, 0.29) is 5.56 Å². The molecule has 0 spiro atoms. The van der Waals surface area contributed by atoms with Crippen LogP contribution in [0.15, 0.2) is 28.2 Å². The maximum atomic E-state index is 12.9. The smallest absolute Gasteiger partial charge is 0.296 e. The van der Waals surface area contributed by atoms with E-state index >= 15 is 0 Å². The molecule has 0 radical (unpaired) electrons. The van der Waals surface area contributed by atoms with Crippen molar-refractivity contribution in [2.24, 2.45) is 7.05 Å². The fourth-order valence-corrected chi connectivity index (χ4v) is 6.43. The minimum absolute atomic E-state index is 0.104. The van der Waals surface area contributed by atoms with Gasteiger partial charge in [0.2, 0.25) is 5.65 Å². The Hall–Kier alpha value is -1.54. The largest absolute Gasteiger partial charge is 0.306 e. The molecule has 4 aromatic rings. The maximum absolute atomic E-state index is 12.9. The highest BCUT2D eigenvalue weighted by molar-refractivity contribution is 7.98. The second-order valence-electron chi connectivity index (χ2n) is 6.91. The summed E-state index contributed by atoms with van der Waals surface area (Å²) in [6.07, 6.45) is 4.49. The van der Waals surface area contributed by atoms with Crippen LogP contribution >= 0.6 is 46.3 Å². The van der Waals surface area contributed by atoms with Crippen molar-refractivity contribution in [2.75, 3.05) is 0 Å². The molecule has 1 aliphatic rings. The normalized spacial score (nSPS) is 14.1. The average Bonchev–Trinajstić information content (AvgIpc) is 3.28. The van der Waals surface area contributed by atoms with E-state index in [2.05, 4.69) is 10.2 Å². The van der Waals surface area contributed by atoms with E-state index < -0.39 is 0 Å². The van der Waals surface area contributed by atoms with Crippen molar-refractivity contribution in [3.63, 3.8) is 0 Å². The first-order chi connectivity index (χ1) is 13.5. The Morgan fingerprint density at radius 2 is 2.00 bits per heavy atom. The molecular weight excluding hydrogens is 435 g/mol. The van der Waals surface area contributed by atoms with Crippen LogP contribution in [0.25, 0.3) is 16.0 Å². The molecule has 0 saturated carbocycles. The lowest BCUT2D eigenvalue weighted by Gasteiger charge is -2.11. The molecule has 0 bridgehead atoms. The van der Waals surface area contributed by atoms with Gasteiger partial charge >= 0.3 is 0 Å². The van der Waals surface area contributed by atoms with E-state index in [1.807, 2.05) is 23.6 Å². The average molecular weight is 451 g/mol. The van der Waals surface area contributed by atoms with Gasteiger partial charge in [-0.25, -0.2) is 0 Å². The highest BCUT2D eigenvalue weighted by Crippen LogP contribution is 2.37. The molecule has 1 aliphatic carbocycles. The number of halogens is 2. The molecule has 0 aliphatic heterocycles. The standard InChI is InChI=1S/C19H16Cl2N4OS2/c1-24-15-11-4-2-3-5-14(11)28-18(15)25-16(17(24)26)22-23-19(25)27-9-10-6-7-12(20)13(21)8-10/h6-8H,2-5,9H2,1H3. The molecule has 3 aromatic heterocycles. The Bertz CT molecular complexity index is 1290. The second kappa shape index (κ2) is 7.06. The van der Waals surface area contributed by atoms with Crippen molar-refractivity contribution < 1.29 is 0 Å². The Morgan fingerprint density at radius 3 is 2.82 bits per heavy atom. The summed E-state index contributed by atoms with van der Waals surface area (Å²) in [4.78, 5) is 15.3. The SMILES string of the molecule is Cn1c(=O)c2nnc(SCc3ccc(Cl)c(Cl)c3)n2c2sc3c(c21)CCCC3. The van der Waals surface area contributed by atoms with Gasteiger partial charge in [0.25, 0.3) is 5.56 Å². The van der Waals surface area contributed by atoms with Crippen LogP contribution in [-0.2, 0) is 25.6 Å². The van der Waals surface area contributed by atoms with Crippen LogP contribution in [0.5, 0.6) is 0 Å². The molecule has 3 heterocycles. The van der Waals surface area contributed by atoms with Gasteiger partial charge in [-0.1, -0.05) is 41.0 Å². The summed E-state index contributed by atoms with van der Waals surface area (Å²) in [7, 11) is 1.84. The van der Waals surface area contributed by atoms with Crippen molar-refractivity contribution in [2.45, 2.75) is 36.6 Å². The zero-order valence-corrected chi connectivity index (χ0v) is 18.2. The molecular formula is C19H16Cl2N4OS2. The zero-order chi connectivity index (χ0) is 19.4. The summed E-state index contributed by atoms with van der Waals surface area (Å²) in [5.41, 5.74) is 3.68. The summed E-state index contributed by atoms with van der Waals surface area (Å²) in [6, 6.07) is 5.60. The number of nitrogens with zero attached hydrogens (tertiary/aromatic N) is 4. The van der Waals surface area contributed by atoms with Gasteiger partial charge in [0.05, 0.1) is 15.6 Å². The molecule has 0 amide bonds. The first kappa shape index (κ1) is 18.5. The molecule has 5 rings (SSSR count). The summed E-state index contributed by atoms with van der Waals surface area (Å²) >= 11 is 15.4. The van der Waals surface area contributed by atoms with E-state index in [1.54, 1.807) is 33.7 Å². The van der Waals surface area contributed by atoms with Crippen LogP contribution < -0.4 is 5.56 Å². The lowest BCUT2D eigenvalue weighted by molar-refractivity contribution is 0.696. The van der Waals surface area contributed by atoms with E-state index in [0.29, 0.717) is 21.4 Å². The molecule has 144 valence electrons. The third-order valence-corrected chi connectivity index (χ3v) is 8.15. The van der Waals surface area contributed by atoms with E-state index in [0.717, 1.165) is 33.9 Å². The summed E-state index contributed by atoms with van der Waals surface area (Å²) in [5, 5.41) is 10.3. The monoisotopic (exact) mass is 450 g/mol. The van der Waals surface area contributed by atoms with Gasteiger partial charge in [-0.2, -0.15) is 0 Å². The quantitative estimate of drug-likeness (QED) is 0.406. The molecule has 9 heteroatoms. The molecule has 0 atom stereocenters. The fourth-order valence-electron chi connectivity index (χ4n) is 3.75. The van der Waals surface area contributed by atoms with Gasteiger partial charge in [0, 0.05) is 17.7 Å². The van der Waals surface area contributed by atoms with E-state index in [9.17, 15) is 4.79 Å². The van der Waals surface area contributed by atoms with Gasteiger partial charge in [0.1, 0.15) is 4.83 Å². The number of aryl methyl sites for hydroxylation is 3. The number of rotatable bonds is 3. The van der Waals surface area contributed by atoms with E-state index in [4.69, 9.17) is 23.2 Å². The lowest BCUT2D eigenvalue weighted by atomic mass is 9.98. The first-order valence-corrected chi connectivity index (χ1v) is 11.6. The number of thioether (sulfide) groups is 1. The predicted molar refractivity (Wildman–Crippen MR) is 116 cm³/mol. The Kier molecular flexibility index (Phi) is 4.66. The van der Waals surface area contributed by atoms with Crippen LogP contribution in [-0.4, -0.2) is 19.2 Å². The minimum atomic E-state index is -0.104. The van der Waals surface area contributed by atoms with Crippen LogP contribution in [0.4, 0.5) is 0 Å². The molecule has 1 aromatic carbocycles. The Labute approximate surface area is 179 Å². The van der Waals surface area contributed by atoms with Gasteiger partial charge in [0.15, 0.2) is 5.16 Å². The minimum Gasteiger partial charge on any atom is -0.306 e. The molecule has 0 N–H and O–H groups in total. The number of thiophene rings is 1. The third kappa shape index (κ3) is 2.87. The van der Waals surface area contributed by atoms with Crippen molar-refractivity contribution >= 4 is 62.3 Å². The highest BCUT2D eigenvalue weighted by Gasteiger charge is 2.23. The van der Waals surface area contributed by atoms with Gasteiger partial charge in [-0.3, -0.25) is 9.20 Å². The number of hydrogen-bond acceptors (Lipinski definition) is 5. The lowest BCUT2D eigenvalue weighted by Crippen LogP contribution is -2.20. The van der Waals surface area contributed by atoms with Gasteiger partial charge in [-0.15, -0.1) is 21.5 Å². The predicted octanol–water partition coefficient (Wildman–Crippen LogP) is 5.12. The topological polar surface area (TPSA) is 52.2 Å². The zero-order valence-electron chi connectivity index (χ0n) is 15.0. The number of benzene rings is 1. The van der Waals surface area contributed by atoms with E-state index in [1.165, 1.54) is 23.3 Å². The molecule has 5 nitrogen and oxygen atoms in total. The van der Waals surface area contributed by atoms with Crippen molar-refractivity contribution in [3.8, 4) is 0 Å². The first-order valence-electron chi connectivity index (χ1n) is 8.99. The third-order valence-electron chi connectivity index (χ3n) is 5.15. The molecule has 0 fully saturated rings. The van der Waals surface area contributed by atoms with Crippen molar-refractivity contribution in [1.29, 1.82) is 0 Å². The van der Waals surface area contributed by atoms with Crippen LogP contribution in [0.3, 0.4) is 0 Å². The Balaban J connectivity index is 1.64. The number of aromatic nitrogens is 4. The fraction of sp³-hybridized carbons (Fsp3) is 0.316. The second-order valence-corrected chi connectivity index (χ2v) is 9.75. The van der Waals surface area contributed by atoms with Crippen molar-refractivity contribution in [1.82, 2.24) is 19.2 Å². The number of fused-ring (bicyclic) bond motifs is 5. The number of hydrogen-bond donors (Lipinski definition) is 0. The maximum Gasteiger partial charge on any atom is 0.296 e. The Morgan fingerprint density at radius 1 is 1.18 bits per heavy atom. The summed E-state index contributed by atoms with van der Waals surface area (Å²) in [5.74, 6) is 0.666. The molecule has 0 unspecified atom stereocenters. The van der Waals surface area contributed by atoms with Crippen LogP contribution in [0, 0.1) is 0 Å².